The standard InChI is InChI=1S/C20H20N4O3S/c25-20(16-3-6-19-21-8-10-23(19)13-16)22-12-14-1-4-17(5-2-14)28(26,27)24-9-7-15-11-18(15)24/h1-6,8,10,13,15,18H,7,9,11-12H2,(H,22,25)/t15-,18+/m0/s1. The minimum atomic E-state index is -3.42. The van der Waals surface area contributed by atoms with E-state index in [4.69, 9.17) is 0 Å². The second-order valence-corrected chi connectivity index (χ2v) is 9.30. The molecule has 2 aliphatic rings. The van der Waals surface area contributed by atoms with Crippen LogP contribution in [0, 0.1) is 5.92 Å². The van der Waals surface area contributed by atoms with Gasteiger partial charge in [-0.3, -0.25) is 4.79 Å². The summed E-state index contributed by atoms with van der Waals surface area (Å²) < 4.78 is 29.0. The van der Waals surface area contributed by atoms with Crippen LogP contribution >= 0.6 is 0 Å². The van der Waals surface area contributed by atoms with Gasteiger partial charge in [-0.1, -0.05) is 12.1 Å². The lowest BCUT2D eigenvalue weighted by Gasteiger charge is -2.18. The average Bonchev–Trinajstić information content (AvgIpc) is 3.13. The summed E-state index contributed by atoms with van der Waals surface area (Å²) in [6.45, 7) is 0.951. The first-order chi connectivity index (χ1) is 13.5. The maximum atomic E-state index is 12.8. The van der Waals surface area contributed by atoms with Crippen molar-refractivity contribution < 1.29 is 13.2 Å². The Morgan fingerprint density at radius 1 is 1.18 bits per heavy atom. The molecule has 0 radical (unpaired) electrons. The van der Waals surface area contributed by atoms with Gasteiger partial charge in [0.05, 0.1) is 10.5 Å². The Labute approximate surface area is 163 Å². The number of hydrogen-bond donors (Lipinski definition) is 1. The summed E-state index contributed by atoms with van der Waals surface area (Å²) in [5, 5.41) is 2.87. The van der Waals surface area contributed by atoms with E-state index in [2.05, 4.69) is 10.3 Å². The van der Waals surface area contributed by atoms with Crippen molar-refractivity contribution in [2.24, 2.45) is 5.92 Å². The topological polar surface area (TPSA) is 83.8 Å². The first-order valence-electron chi connectivity index (χ1n) is 9.34. The monoisotopic (exact) mass is 396 g/mol. The summed E-state index contributed by atoms with van der Waals surface area (Å²) >= 11 is 0. The Kier molecular flexibility index (Phi) is 3.99. The molecule has 2 aromatic heterocycles. The fourth-order valence-electron chi connectivity index (χ4n) is 3.91. The number of nitrogens with zero attached hydrogens (tertiary/aromatic N) is 3. The normalized spacial score (nSPS) is 21.6. The van der Waals surface area contributed by atoms with Crippen molar-refractivity contribution in [3.05, 3.63) is 66.1 Å². The van der Waals surface area contributed by atoms with Gasteiger partial charge in [0.2, 0.25) is 10.0 Å². The van der Waals surface area contributed by atoms with Crippen LogP contribution in [0.1, 0.15) is 28.8 Å². The van der Waals surface area contributed by atoms with Crippen LogP contribution in [0.2, 0.25) is 0 Å². The molecule has 1 aliphatic carbocycles. The Hall–Kier alpha value is -2.71. The van der Waals surface area contributed by atoms with Gasteiger partial charge in [0, 0.05) is 37.7 Å². The van der Waals surface area contributed by atoms with Crippen LogP contribution in [0.5, 0.6) is 0 Å². The number of aromatic nitrogens is 2. The number of carbonyl (C=O) groups excluding carboxylic acids is 1. The number of fused-ring (bicyclic) bond motifs is 2. The van der Waals surface area contributed by atoms with Crippen LogP contribution < -0.4 is 5.32 Å². The Balaban J connectivity index is 1.25. The molecule has 1 aromatic carbocycles. The van der Waals surface area contributed by atoms with Crippen LogP contribution in [0.3, 0.4) is 0 Å². The molecule has 3 aromatic rings. The van der Waals surface area contributed by atoms with Gasteiger partial charge in [-0.25, -0.2) is 13.4 Å². The first-order valence-corrected chi connectivity index (χ1v) is 10.8. The average molecular weight is 396 g/mol. The molecule has 1 saturated carbocycles. The van der Waals surface area contributed by atoms with Gasteiger partial charge in [-0.05, 0) is 48.6 Å². The maximum absolute atomic E-state index is 12.8. The molecule has 8 heteroatoms. The van der Waals surface area contributed by atoms with Crippen molar-refractivity contribution in [3.8, 4) is 0 Å². The number of rotatable bonds is 5. The van der Waals surface area contributed by atoms with Crippen molar-refractivity contribution in [2.75, 3.05) is 6.54 Å². The molecule has 0 unspecified atom stereocenters. The fraction of sp³-hybridized carbons (Fsp3) is 0.300. The van der Waals surface area contributed by atoms with Gasteiger partial charge < -0.3 is 9.72 Å². The lowest BCUT2D eigenvalue weighted by molar-refractivity contribution is 0.0950. The molecule has 1 aliphatic heterocycles. The zero-order chi connectivity index (χ0) is 19.3. The quantitative estimate of drug-likeness (QED) is 0.715. The molecule has 5 rings (SSSR count). The van der Waals surface area contributed by atoms with Gasteiger partial charge in [0.15, 0.2) is 0 Å². The predicted molar refractivity (Wildman–Crippen MR) is 103 cm³/mol. The SMILES string of the molecule is O=C(NCc1ccc(S(=O)(=O)N2CC[C@H]3C[C@H]32)cc1)c1ccc2nccn2c1. The smallest absolute Gasteiger partial charge is 0.253 e. The molecule has 28 heavy (non-hydrogen) atoms. The second kappa shape index (κ2) is 6.42. The van der Waals surface area contributed by atoms with E-state index in [9.17, 15) is 13.2 Å². The molecular formula is C20H20N4O3S. The highest BCUT2D eigenvalue weighted by Gasteiger charge is 2.51. The third-order valence-corrected chi connectivity index (χ3v) is 7.55. The van der Waals surface area contributed by atoms with Crippen LogP contribution in [0.25, 0.3) is 5.65 Å². The molecule has 1 saturated heterocycles. The minimum Gasteiger partial charge on any atom is -0.348 e. The fourth-order valence-corrected chi connectivity index (χ4v) is 5.62. The highest BCUT2D eigenvalue weighted by Crippen LogP contribution is 2.46. The summed E-state index contributed by atoms with van der Waals surface area (Å²) in [6, 6.07) is 10.5. The van der Waals surface area contributed by atoms with Gasteiger partial charge in [-0.2, -0.15) is 4.31 Å². The van der Waals surface area contributed by atoms with Crippen molar-refractivity contribution >= 4 is 21.6 Å². The van der Waals surface area contributed by atoms with E-state index in [1.165, 1.54) is 0 Å². The molecule has 2 atom stereocenters. The van der Waals surface area contributed by atoms with E-state index in [-0.39, 0.29) is 11.9 Å². The molecular weight excluding hydrogens is 376 g/mol. The molecule has 7 nitrogen and oxygen atoms in total. The lowest BCUT2D eigenvalue weighted by atomic mass is 10.2. The van der Waals surface area contributed by atoms with E-state index in [0.717, 1.165) is 24.1 Å². The molecule has 0 spiro atoms. The van der Waals surface area contributed by atoms with Crippen LogP contribution in [0.4, 0.5) is 0 Å². The predicted octanol–water partition coefficient (Wildman–Crippen LogP) is 2.05. The molecule has 1 N–H and O–H groups in total. The van der Waals surface area contributed by atoms with E-state index in [0.29, 0.717) is 29.5 Å². The Morgan fingerprint density at radius 3 is 2.71 bits per heavy atom. The summed E-state index contributed by atoms with van der Waals surface area (Å²) in [5.41, 5.74) is 2.17. The minimum absolute atomic E-state index is 0.191. The summed E-state index contributed by atoms with van der Waals surface area (Å²) in [7, 11) is -3.42. The van der Waals surface area contributed by atoms with Crippen LogP contribution in [0.15, 0.2) is 59.9 Å². The largest absolute Gasteiger partial charge is 0.348 e. The van der Waals surface area contributed by atoms with Gasteiger partial charge >= 0.3 is 0 Å². The van der Waals surface area contributed by atoms with Crippen molar-refractivity contribution in [1.29, 1.82) is 0 Å². The molecule has 2 fully saturated rings. The van der Waals surface area contributed by atoms with E-state index in [1.54, 1.807) is 63.7 Å². The number of carbonyl (C=O) groups is 1. The lowest BCUT2D eigenvalue weighted by Crippen LogP contribution is -2.31. The number of nitrogens with one attached hydrogen (secondary N) is 1. The molecule has 144 valence electrons. The first kappa shape index (κ1) is 17.4. The van der Waals surface area contributed by atoms with Gasteiger partial charge in [0.1, 0.15) is 5.65 Å². The van der Waals surface area contributed by atoms with Crippen molar-refractivity contribution in [1.82, 2.24) is 19.0 Å². The van der Waals surface area contributed by atoms with Crippen LogP contribution in [-0.2, 0) is 16.6 Å². The summed E-state index contributed by atoms with van der Waals surface area (Å²) in [5.74, 6) is 0.370. The van der Waals surface area contributed by atoms with E-state index < -0.39 is 10.0 Å². The number of sulfonamides is 1. The maximum Gasteiger partial charge on any atom is 0.253 e. The second-order valence-electron chi connectivity index (χ2n) is 7.40. The third-order valence-electron chi connectivity index (χ3n) is 5.61. The molecule has 0 bridgehead atoms. The van der Waals surface area contributed by atoms with E-state index >= 15 is 0 Å². The molecule has 3 heterocycles. The van der Waals surface area contributed by atoms with Gasteiger partial charge in [-0.15, -0.1) is 0 Å². The number of pyridine rings is 1. The Morgan fingerprint density at radius 2 is 2.00 bits per heavy atom. The summed E-state index contributed by atoms with van der Waals surface area (Å²) in [4.78, 5) is 16.9. The molecule has 1 amide bonds. The zero-order valence-corrected chi connectivity index (χ0v) is 16.0. The highest BCUT2D eigenvalue weighted by molar-refractivity contribution is 7.89. The van der Waals surface area contributed by atoms with Crippen LogP contribution in [-0.4, -0.2) is 40.6 Å². The van der Waals surface area contributed by atoms with Crippen molar-refractivity contribution in [2.45, 2.75) is 30.3 Å². The van der Waals surface area contributed by atoms with Gasteiger partial charge in [0.25, 0.3) is 5.91 Å². The van der Waals surface area contributed by atoms with Crippen molar-refractivity contribution in [3.63, 3.8) is 0 Å². The summed E-state index contributed by atoms with van der Waals surface area (Å²) in [6.07, 6.45) is 7.16. The number of piperidine rings is 1. The number of amides is 1. The number of benzene rings is 1. The number of hydrogen-bond acceptors (Lipinski definition) is 4. The highest BCUT2D eigenvalue weighted by atomic mass is 32.2. The third kappa shape index (κ3) is 2.98. The van der Waals surface area contributed by atoms with E-state index in [1.807, 2.05) is 0 Å². The Bertz CT molecular complexity index is 1150. The number of imidazole rings is 1. The zero-order valence-electron chi connectivity index (χ0n) is 15.2.